The highest BCUT2D eigenvalue weighted by Gasteiger charge is 2.54. The van der Waals surface area contributed by atoms with Crippen LogP contribution in [-0.4, -0.2) is 15.9 Å². The van der Waals surface area contributed by atoms with Crippen LogP contribution in [0, 0.1) is 11.2 Å². The molecule has 0 radical (unpaired) electrons. The average molecular weight is 492 g/mol. The van der Waals surface area contributed by atoms with Crippen molar-refractivity contribution >= 4 is 33.1 Å². The summed E-state index contributed by atoms with van der Waals surface area (Å²) in [4.78, 5) is 23.3. The van der Waals surface area contributed by atoms with Gasteiger partial charge in [0.2, 0.25) is 5.91 Å². The number of rotatable bonds is 3. The number of hydrogen-bond acceptors (Lipinski definition) is 4. The number of carbonyl (C=O) groups is 1. The van der Waals surface area contributed by atoms with Gasteiger partial charge in [0.1, 0.15) is 5.82 Å². The highest BCUT2D eigenvalue weighted by Crippen LogP contribution is 2.60. The largest absolute Gasteiger partial charge is 0.301 e. The van der Waals surface area contributed by atoms with Crippen LogP contribution in [0.5, 0.6) is 0 Å². The number of nitrogens with one attached hydrogen (secondary N) is 1. The Morgan fingerprint density at radius 1 is 0.972 bits per heavy atom. The number of benzene rings is 3. The van der Waals surface area contributed by atoms with E-state index in [4.69, 9.17) is 9.97 Å². The van der Waals surface area contributed by atoms with Gasteiger partial charge in [-0.05, 0) is 53.6 Å². The lowest BCUT2D eigenvalue weighted by atomic mass is 9.53. The zero-order valence-corrected chi connectivity index (χ0v) is 20.4. The lowest BCUT2D eigenvalue weighted by molar-refractivity contribution is -0.126. The van der Waals surface area contributed by atoms with E-state index in [0.29, 0.717) is 16.9 Å². The summed E-state index contributed by atoms with van der Waals surface area (Å²) in [5.74, 6) is -0.265. The summed E-state index contributed by atoms with van der Waals surface area (Å²) >= 11 is 1.39. The molecule has 0 saturated carbocycles. The lowest BCUT2D eigenvalue weighted by Gasteiger charge is -2.50. The second-order valence-corrected chi connectivity index (χ2v) is 10.7. The van der Waals surface area contributed by atoms with Crippen molar-refractivity contribution in [1.82, 2.24) is 9.97 Å². The first kappa shape index (κ1) is 21.4. The van der Waals surface area contributed by atoms with Gasteiger partial charge in [0.25, 0.3) is 0 Å². The molecular formula is C30H22FN3OS. The molecule has 2 aromatic heterocycles. The van der Waals surface area contributed by atoms with Crippen LogP contribution in [-0.2, 0) is 4.79 Å². The molecule has 1 amide bonds. The number of hydrogen-bond donors (Lipinski definition) is 1. The minimum atomic E-state index is -0.635. The van der Waals surface area contributed by atoms with Gasteiger partial charge in [-0.15, -0.1) is 11.3 Å². The zero-order valence-electron chi connectivity index (χ0n) is 19.5. The number of amides is 1. The van der Waals surface area contributed by atoms with Crippen LogP contribution < -0.4 is 5.32 Å². The van der Waals surface area contributed by atoms with Gasteiger partial charge in [-0.1, -0.05) is 54.6 Å². The topological polar surface area (TPSA) is 54.9 Å². The van der Waals surface area contributed by atoms with E-state index in [-0.39, 0.29) is 23.6 Å². The van der Waals surface area contributed by atoms with Crippen molar-refractivity contribution in [3.8, 4) is 11.3 Å². The molecule has 6 heteroatoms. The van der Waals surface area contributed by atoms with Gasteiger partial charge in [0, 0.05) is 34.4 Å². The van der Waals surface area contributed by atoms with E-state index >= 15 is 0 Å². The fourth-order valence-electron chi connectivity index (χ4n) is 6.21. The maximum atomic E-state index is 14.3. The first-order chi connectivity index (χ1) is 17.5. The van der Waals surface area contributed by atoms with E-state index in [1.807, 2.05) is 41.9 Å². The van der Waals surface area contributed by atoms with Crippen LogP contribution in [0.1, 0.15) is 47.6 Å². The first-order valence-corrected chi connectivity index (χ1v) is 12.9. The van der Waals surface area contributed by atoms with Gasteiger partial charge in [-0.25, -0.2) is 9.37 Å². The fraction of sp³-hybridized carbons (Fsp3) is 0.167. The Kier molecular flexibility index (Phi) is 4.63. The van der Waals surface area contributed by atoms with Gasteiger partial charge in [0.15, 0.2) is 5.13 Å². The van der Waals surface area contributed by atoms with E-state index < -0.39 is 5.41 Å². The normalized spacial score (nSPS) is 21.7. The van der Waals surface area contributed by atoms with Gasteiger partial charge < -0.3 is 5.32 Å². The van der Waals surface area contributed by atoms with Crippen LogP contribution in [0.25, 0.3) is 22.0 Å². The average Bonchev–Trinajstić information content (AvgIpc) is 3.37. The van der Waals surface area contributed by atoms with E-state index in [0.717, 1.165) is 27.9 Å². The van der Waals surface area contributed by atoms with Crippen LogP contribution in [0.15, 0.2) is 84.4 Å². The lowest BCUT2D eigenvalue weighted by Crippen LogP contribution is -2.47. The Bertz CT molecular complexity index is 1630. The van der Waals surface area contributed by atoms with Crippen molar-refractivity contribution in [1.29, 1.82) is 0 Å². The Morgan fingerprint density at radius 3 is 2.58 bits per heavy atom. The molecule has 1 N–H and O–H groups in total. The number of aromatic nitrogens is 2. The second kappa shape index (κ2) is 7.80. The van der Waals surface area contributed by atoms with E-state index in [1.54, 1.807) is 12.1 Å². The molecule has 4 nitrogen and oxygen atoms in total. The molecule has 3 unspecified atom stereocenters. The van der Waals surface area contributed by atoms with Crippen molar-refractivity contribution < 1.29 is 9.18 Å². The number of halogens is 1. The van der Waals surface area contributed by atoms with Gasteiger partial charge in [0.05, 0.1) is 16.8 Å². The summed E-state index contributed by atoms with van der Waals surface area (Å²) < 4.78 is 14.3. The fourth-order valence-corrected chi connectivity index (χ4v) is 6.92. The standard InChI is InChI=1S/C30H22FN3OS/c1-30(15-23-18-8-3-5-10-21(18)26(30)22-11-6-14-32-27(22)23)28(35)34-29-33-25(16-36-29)20-12-13-24(31)19-9-4-2-7-17(19)20/h2-14,16,23,26H,15H2,1H3,(H,33,34,35). The highest BCUT2D eigenvalue weighted by atomic mass is 32.1. The predicted octanol–water partition coefficient (Wildman–Crippen LogP) is 7.12. The molecule has 36 heavy (non-hydrogen) atoms. The van der Waals surface area contributed by atoms with Crippen molar-refractivity contribution in [2.75, 3.05) is 5.32 Å². The van der Waals surface area contributed by atoms with Gasteiger partial charge in [-0.3, -0.25) is 9.78 Å². The smallest absolute Gasteiger partial charge is 0.233 e. The van der Waals surface area contributed by atoms with Crippen LogP contribution in [0.4, 0.5) is 9.52 Å². The number of thiazole rings is 1. The quantitative estimate of drug-likeness (QED) is 0.292. The van der Waals surface area contributed by atoms with Crippen LogP contribution >= 0.6 is 11.3 Å². The summed E-state index contributed by atoms with van der Waals surface area (Å²) in [5.41, 5.74) is 5.66. The van der Waals surface area contributed by atoms with E-state index in [2.05, 4.69) is 36.5 Å². The van der Waals surface area contributed by atoms with Crippen molar-refractivity contribution in [3.05, 3.63) is 113 Å². The zero-order chi connectivity index (χ0) is 24.4. The number of pyridine rings is 1. The summed E-state index contributed by atoms with van der Waals surface area (Å²) in [6.07, 6.45) is 2.54. The van der Waals surface area contributed by atoms with Crippen LogP contribution in [0.2, 0.25) is 0 Å². The minimum Gasteiger partial charge on any atom is -0.301 e. The molecule has 3 aliphatic rings. The molecule has 2 heterocycles. The summed E-state index contributed by atoms with van der Waals surface area (Å²) in [6.45, 7) is 2.06. The monoisotopic (exact) mass is 491 g/mol. The Labute approximate surface area is 211 Å². The highest BCUT2D eigenvalue weighted by molar-refractivity contribution is 7.14. The molecule has 8 rings (SSSR count). The van der Waals surface area contributed by atoms with Gasteiger partial charge >= 0.3 is 0 Å². The molecular weight excluding hydrogens is 469 g/mol. The second-order valence-electron chi connectivity index (χ2n) is 9.85. The molecule has 5 aromatic rings. The Morgan fingerprint density at radius 2 is 1.72 bits per heavy atom. The predicted molar refractivity (Wildman–Crippen MR) is 141 cm³/mol. The maximum absolute atomic E-state index is 14.3. The van der Waals surface area contributed by atoms with Crippen molar-refractivity contribution in [2.24, 2.45) is 5.41 Å². The summed E-state index contributed by atoms with van der Waals surface area (Å²) in [5, 5.41) is 6.95. The van der Waals surface area contributed by atoms with E-state index in [9.17, 15) is 9.18 Å². The number of fused-ring (bicyclic) bond motifs is 2. The molecule has 176 valence electrons. The Hall–Kier alpha value is -3.90. The molecule has 0 spiro atoms. The number of carbonyl (C=O) groups excluding carboxylic acids is 1. The van der Waals surface area contributed by atoms with Crippen molar-refractivity contribution in [2.45, 2.75) is 25.2 Å². The molecule has 3 aromatic carbocycles. The third-order valence-corrected chi connectivity index (χ3v) is 8.61. The molecule has 3 aliphatic carbocycles. The molecule has 0 saturated heterocycles. The third kappa shape index (κ3) is 3.00. The third-order valence-electron chi connectivity index (χ3n) is 7.85. The summed E-state index contributed by atoms with van der Waals surface area (Å²) in [7, 11) is 0. The van der Waals surface area contributed by atoms with Crippen LogP contribution in [0.3, 0.4) is 0 Å². The molecule has 0 fully saturated rings. The Balaban J connectivity index is 1.24. The first-order valence-electron chi connectivity index (χ1n) is 12.0. The maximum Gasteiger partial charge on any atom is 0.233 e. The van der Waals surface area contributed by atoms with Gasteiger partial charge in [-0.2, -0.15) is 0 Å². The number of nitrogens with zero attached hydrogens (tertiary/aromatic N) is 2. The summed E-state index contributed by atoms with van der Waals surface area (Å²) in [6, 6.07) is 23.1. The molecule has 3 atom stereocenters. The van der Waals surface area contributed by atoms with Crippen molar-refractivity contribution in [3.63, 3.8) is 0 Å². The molecule has 2 bridgehead atoms. The minimum absolute atomic E-state index is 0.0358. The molecule has 0 aliphatic heterocycles. The number of anilines is 1. The van der Waals surface area contributed by atoms with E-state index in [1.165, 1.54) is 28.5 Å². The SMILES string of the molecule is CC1(C(=O)Nc2nc(-c3ccc(F)c4ccccc34)cs2)CC2c3ccccc3C1c1cccnc12.